The Labute approximate surface area is 90.9 Å². The van der Waals surface area contributed by atoms with E-state index in [1.165, 1.54) is 0 Å². The van der Waals surface area contributed by atoms with Crippen LogP contribution in [0.3, 0.4) is 0 Å². The molecule has 0 aliphatic rings. The predicted molar refractivity (Wildman–Crippen MR) is 61.7 cm³/mol. The van der Waals surface area contributed by atoms with Crippen molar-refractivity contribution >= 4 is 11.7 Å². The number of hydrogen-bond acceptors (Lipinski definition) is 2. The van der Waals surface area contributed by atoms with Crippen molar-refractivity contribution in [2.75, 3.05) is 5.32 Å². The third-order valence-electron chi connectivity index (χ3n) is 2.19. The van der Waals surface area contributed by atoms with E-state index in [1.807, 2.05) is 39.8 Å². The fourth-order valence-electron chi connectivity index (χ4n) is 1.13. The Morgan fingerprint density at radius 3 is 2.67 bits per heavy atom. The van der Waals surface area contributed by atoms with E-state index < -0.39 is 0 Å². The van der Waals surface area contributed by atoms with Crippen molar-refractivity contribution in [3.05, 3.63) is 23.9 Å². The van der Waals surface area contributed by atoms with Crippen LogP contribution in [0.2, 0.25) is 0 Å². The van der Waals surface area contributed by atoms with Crippen LogP contribution < -0.4 is 5.32 Å². The summed E-state index contributed by atoms with van der Waals surface area (Å²) in [6.45, 7) is 7.70. The molecule has 0 unspecified atom stereocenters. The lowest BCUT2D eigenvalue weighted by atomic mass is 9.95. The molecule has 15 heavy (non-hydrogen) atoms. The number of nitrogens with zero attached hydrogens (tertiary/aromatic N) is 1. The van der Waals surface area contributed by atoms with E-state index >= 15 is 0 Å². The number of carbonyl (C=O) groups excluding carboxylic acids is 1. The Hall–Kier alpha value is -1.38. The fraction of sp³-hybridized carbons (Fsp3) is 0.500. The predicted octanol–water partition coefficient (Wildman–Crippen LogP) is 2.63. The molecule has 1 aromatic heterocycles. The van der Waals surface area contributed by atoms with Crippen molar-refractivity contribution in [2.45, 2.75) is 34.1 Å². The number of aryl methyl sites for hydroxylation is 1. The standard InChI is InChI=1S/C12H18N2O/c1-5-9-7-6-8-13-10(9)14-11(15)12(2,3)4/h6-8H,5H2,1-4H3,(H,13,14,15). The number of anilines is 1. The normalized spacial score (nSPS) is 11.2. The second-order valence-corrected chi connectivity index (χ2v) is 4.57. The van der Waals surface area contributed by atoms with E-state index in [9.17, 15) is 4.79 Å². The van der Waals surface area contributed by atoms with Crippen LogP contribution in [-0.2, 0) is 11.2 Å². The maximum atomic E-state index is 11.8. The second-order valence-electron chi connectivity index (χ2n) is 4.57. The molecular formula is C12H18N2O. The smallest absolute Gasteiger partial charge is 0.230 e. The summed E-state index contributed by atoms with van der Waals surface area (Å²) in [6.07, 6.45) is 2.56. The van der Waals surface area contributed by atoms with Crippen LogP contribution in [0.5, 0.6) is 0 Å². The Kier molecular flexibility index (Phi) is 3.45. The number of carbonyl (C=O) groups is 1. The van der Waals surface area contributed by atoms with Crippen molar-refractivity contribution in [3.63, 3.8) is 0 Å². The number of hydrogen-bond donors (Lipinski definition) is 1. The van der Waals surface area contributed by atoms with Gasteiger partial charge in [0, 0.05) is 11.6 Å². The largest absolute Gasteiger partial charge is 0.310 e. The lowest BCUT2D eigenvalue weighted by molar-refractivity contribution is -0.123. The minimum atomic E-state index is -0.386. The van der Waals surface area contributed by atoms with Crippen molar-refractivity contribution in [2.24, 2.45) is 5.41 Å². The lowest BCUT2D eigenvalue weighted by Gasteiger charge is -2.18. The Bertz CT molecular complexity index is 353. The second kappa shape index (κ2) is 4.43. The molecule has 0 fully saturated rings. The van der Waals surface area contributed by atoms with E-state index in [4.69, 9.17) is 0 Å². The maximum Gasteiger partial charge on any atom is 0.230 e. The van der Waals surface area contributed by atoms with E-state index in [0.717, 1.165) is 12.0 Å². The zero-order valence-corrected chi connectivity index (χ0v) is 9.79. The van der Waals surface area contributed by atoms with Gasteiger partial charge in [-0.3, -0.25) is 4.79 Å². The monoisotopic (exact) mass is 206 g/mol. The van der Waals surface area contributed by atoms with Crippen molar-refractivity contribution in [1.82, 2.24) is 4.98 Å². The third-order valence-corrected chi connectivity index (χ3v) is 2.19. The van der Waals surface area contributed by atoms with Gasteiger partial charge in [0.25, 0.3) is 0 Å². The first-order chi connectivity index (χ1) is 6.95. The highest BCUT2D eigenvalue weighted by atomic mass is 16.2. The lowest BCUT2D eigenvalue weighted by Crippen LogP contribution is -2.28. The zero-order chi connectivity index (χ0) is 11.5. The van der Waals surface area contributed by atoms with Crippen LogP contribution in [-0.4, -0.2) is 10.9 Å². The number of nitrogens with one attached hydrogen (secondary N) is 1. The molecule has 0 aromatic carbocycles. The molecule has 1 aromatic rings. The molecule has 1 heterocycles. The summed E-state index contributed by atoms with van der Waals surface area (Å²) in [6, 6.07) is 3.86. The van der Waals surface area contributed by atoms with Gasteiger partial charge in [-0.2, -0.15) is 0 Å². The minimum Gasteiger partial charge on any atom is -0.310 e. The number of aromatic nitrogens is 1. The van der Waals surface area contributed by atoms with Crippen LogP contribution in [0.15, 0.2) is 18.3 Å². The third kappa shape index (κ3) is 3.05. The molecule has 82 valence electrons. The summed E-state index contributed by atoms with van der Waals surface area (Å²) >= 11 is 0. The molecule has 0 atom stereocenters. The van der Waals surface area contributed by atoms with Gasteiger partial charge >= 0.3 is 0 Å². The highest BCUT2D eigenvalue weighted by Crippen LogP contribution is 2.18. The molecule has 1 rings (SSSR count). The SMILES string of the molecule is CCc1cccnc1NC(=O)C(C)(C)C. The molecule has 3 nitrogen and oxygen atoms in total. The van der Waals surface area contributed by atoms with Gasteiger partial charge in [-0.1, -0.05) is 33.8 Å². The number of amides is 1. The Morgan fingerprint density at radius 2 is 2.13 bits per heavy atom. The summed E-state index contributed by atoms with van der Waals surface area (Å²) < 4.78 is 0. The van der Waals surface area contributed by atoms with Gasteiger partial charge in [0.2, 0.25) is 5.91 Å². The molecule has 0 saturated heterocycles. The molecule has 1 amide bonds. The average molecular weight is 206 g/mol. The first kappa shape index (κ1) is 11.7. The van der Waals surface area contributed by atoms with Crippen LogP contribution in [0.4, 0.5) is 5.82 Å². The Balaban J connectivity index is 2.85. The molecule has 0 radical (unpaired) electrons. The van der Waals surface area contributed by atoms with Crippen molar-refractivity contribution < 1.29 is 4.79 Å². The minimum absolute atomic E-state index is 0.00380. The summed E-state index contributed by atoms with van der Waals surface area (Å²) in [5.41, 5.74) is 0.679. The van der Waals surface area contributed by atoms with Crippen LogP contribution in [0.25, 0.3) is 0 Å². The van der Waals surface area contributed by atoms with Gasteiger partial charge in [-0.25, -0.2) is 4.98 Å². The molecule has 0 spiro atoms. The Morgan fingerprint density at radius 1 is 1.47 bits per heavy atom. The van der Waals surface area contributed by atoms with E-state index in [2.05, 4.69) is 10.3 Å². The first-order valence-corrected chi connectivity index (χ1v) is 5.20. The van der Waals surface area contributed by atoms with Gasteiger partial charge in [0.05, 0.1) is 0 Å². The zero-order valence-electron chi connectivity index (χ0n) is 9.79. The van der Waals surface area contributed by atoms with Gasteiger partial charge in [0.1, 0.15) is 5.82 Å². The van der Waals surface area contributed by atoms with Crippen LogP contribution in [0.1, 0.15) is 33.3 Å². The molecule has 0 aliphatic carbocycles. The van der Waals surface area contributed by atoms with Gasteiger partial charge < -0.3 is 5.32 Å². The van der Waals surface area contributed by atoms with E-state index in [1.54, 1.807) is 6.20 Å². The van der Waals surface area contributed by atoms with E-state index in [-0.39, 0.29) is 11.3 Å². The van der Waals surface area contributed by atoms with Crippen LogP contribution >= 0.6 is 0 Å². The van der Waals surface area contributed by atoms with E-state index in [0.29, 0.717) is 5.82 Å². The average Bonchev–Trinajstić information content (AvgIpc) is 2.17. The molecule has 0 aliphatic heterocycles. The number of pyridine rings is 1. The summed E-state index contributed by atoms with van der Waals surface area (Å²) in [5.74, 6) is 0.677. The van der Waals surface area contributed by atoms with Gasteiger partial charge in [0.15, 0.2) is 0 Å². The topological polar surface area (TPSA) is 42.0 Å². The quantitative estimate of drug-likeness (QED) is 0.808. The molecule has 3 heteroatoms. The van der Waals surface area contributed by atoms with Gasteiger partial charge in [-0.05, 0) is 18.1 Å². The van der Waals surface area contributed by atoms with Crippen molar-refractivity contribution in [1.29, 1.82) is 0 Å². The summed E-state index contributed by atoms with van der Waals surface area (Å²) in [5, 5.41) is 2.85. The highest BCUT2D eigenvalue weighted by molar-refractivity contribution is 5.94. The molecular weight excluding hydrogens is 188 g/mol. The first-order valence-electron chi connectivity index (χ1n) is 5.20. The van der Waals surface area contributed by atoms with Crippen LogP contribution in [0, 0.1) is 5.41 Å². The highest BCUT2D eigenvalue weighted by Gasteiger charge is 2.22. The number of rotatable bonds is 2. The van der Waals surface area contributed by atoms with Crippen molar-refractivity contribution in [3.8, 4) is 0 Å². The molecule has 0 bridgehead atoms. The maximum absolute atomic E-state index is 11.8. The summed E-state index contributed by atoms with van der Waals surface area (Å²) in [4.78, 5) is 15.9. The molecule has 0 saturated carbocycles. The summed E-state index contributed by atoms with van der Waals surface area (Å²) in [7, 11) is 0. The molecule has 1 N–H and O–H groups in total. The van der Waals surface area contributed by atoms with Gasteiger partial charge in [-0.15, -0.1) is 0 Å². The fourth-order valence-corrected chi connectivity index (χ4v) is 1.13.